The lowest BCUT2D eigenvalue weighted by molar-refractivity contribution is -0.186. The zero-order valence-corrected chi connectivity index (χ0v) is 35.1. The van der Waals surface area contributed by atoms with Gasteiger partial charge in [-0.25, -0.2) is 4.79 Å². The molecule has 1 aromatic heterocycles. The lowest BCUT2D eigenvalue weighted by Crippen LogP contribution is -2.70. The Labute approximate surface area is 346 Å². The van der Waals surface area contributed by atoms with Crippen molar-refractivity contribution in [2.24, 2.45) is 0 Å². The summed E-state index contributed by atoms with van der Waals surface area (Å²) in [5.74, 6) is 1.06. The second kappa shape index (κ2) is 14.0. The van der Waals surface area contributed by atoms with Gasteiger partial charge < -0.3 is 44.2 Å². The fraction of sp³-hybridized carbons (Fsp3) is 0.500. The van der Waals surface area contributed by atoms with Crippen LogP contribution < -0.4 is 29.6 Å². The molecule has 4 aromatic rings. The molecule has 2 fully saturated rings. The molecule has 0 radical (unpaired) electrons. The molecule has 7 aliphatic heterocycles. The number of aliphatic hydroxyl groups excluding tert-OH is 1. The normalized spacial score (nSPS) is 29.5. The van der Waals surface area contributed by atoms with Crippen molar-refractivity contribution in [3.8, 4) is 28.7 Å². The van der Waals surface area contributed by atoms with Crippen LogP contribution in [-0.4, -0.2) is 107 Å². The predicted molar refractivity (Wildman–Crippen MR) is 220 cm³/mol. The number of nitrogens with one attached hydrogen (secondary N) is 3. The van der Waals surface area contributed by atoms with Crippen molar-refractivity contribution in [3.63, 3.8) is 0 Å². The largest absolute Gasteiger partial charge is 0.504 e. The first-order valence-electron chi connectivity index (χ1n) is 20.5. The number of likely N-dealkylation sites (N-methyl/N-ethyl adjacent to an activating group) is 1. The Morgan fingerprint density at radius 3 is 2.64 bits per heavy atom. The van der Waals surface area contributed by atoms with E-state index in [1.807, 2.05) is 39.1 Å². The lowest BCUT2D eigenvalue weighted by atomic mass is 9.73. The molecule has 0 amide bonds. The number of carbonyl (C=O) groups excluding carboxylic acids is 2. The first-order valence-corrected chi connectivity index (χ1v) is 21.5. The van der Waals surface area contributed by atoms with Crippen molar-refractivity contribution in [1.29, 1.82) is 0 Å². The quantitative estimate of drug-likeness (QED) is 0.141. The minimum Gasteiger partial charge on any atom is -0.504 e. The molecule has 11 rings (SSSR count). The summed E-state index contributed by atoms with van der Waals surface area (Å²) >= 11 is 1.55. The Balaban J connectivity index is 1.22. The van der Waals surface area contributed by atoms with E-state index in [2.05, 4.69) is 51.4 Å². The molecule has 0 aliphatic carbocycles. The third kappa shape index (κ3) is 5.58. The van der Waals surface area contributed by atoms with E-state index in [9.17, 15) is 15.0 Å². The van der Waals surface area contributed by atoms with Crippen LogP contribution in [0.1, 0.15) is 82.7 Å². The highest BCUT2D eigenvalue weighted by Crippen LogP contribution is 2.64. The lowest BCUT2D eigenvalue weighted by Gasteiger charge is -2.62. The number of para-hydroxylation sites is 1. The van der Waals surface area contributed by atoms with Gasteiger partial charge in [0.25, 0.3) is 0 Å². The summed E-state index contributed by atoms with van der Waals surface area (Å²) in [7, 11) is 3.55. The van der Waals surface area contributed by atoms with Gasteiger partial charge in [-0.15, -0.1) is 11.8 Å². The van der Waals surface area contributed by atoms with Gasteiger partial charge in [0.1, 0.15) is 18.6 Å². The van der Waals surface area contributed by atoms with Crippen molar-refractivity contribution in [2.75, 3.05) is 39.9 Å². The molecule has 1 unspecified atom stereocenters. The number of thioether (sulfide) groups is 1. The molecule has 312 valence electrons. The number of nitrogens with zero attached hydrogens (tertiary/aromatic N) is 2. The van der Waals surface area contributed by atoms with Gasteiger partial charge in [-0.05, 0) is 56.5 Å². The monoisotopic (exact) mass is 825 g/mol. The first-order chi connectivity index (χ1) is 28.3. The van der Waals surface area contributed by atoms with Gasteiger partial charge in [0.15, 0.2) is 28.5 Å². The summed E-state index contributed by atoms with van der Waals surface area (Å²) in [6, 6.07) is 8.17. The Morgan fingerprint density at radius 1 is 1.10 bits per heavy atom. The summed E-state index contributed by atoms with van der Waals surface area (Å²) in [5.41, 5.74) is 5.93. The number of aliphatic hydroxyl groups is 1. The SMILES string of the molecule is COc1c(C)cc2c(c1O)[C@@H]1[C@@H]3[C@@H]4SC[C@]5(NC(CNC(C)C)Cc6c5[nH]c5ccccc65)C(=O)OC[C@@H](c5c6c(c(C)c(OC(C)=O)c54)OCO6)N3[C@@H](O)[C@H](C2)N1C. The van der Waals surface area contributed by atoms with Gasteiger partial charge in [0.2, 0.25) is 6.79 Å². The number of piperazine rings is 1. The van der Waals surface area contributed by atoms with Gasteiger partial charge in [-0.1, -0.05) is 38.1 Å². The fourth-order valence-electron chi connectivity index (χ4n) is 11.1. The van der Waals surface area contributed by atoms with E-state index in [0.717, 1.165) is 44.4 Å². The molecule has 8 atom stereocenters. The van der Waals surface area contributed by atoms with Crippen molar-refractivity contribution < 1.29 is 43.5 Å². The van der Waals surface area contributed by atoms with E-state index in [4.69, 9.17) is 23.7 Å². The number of aromatic hydroxyl groups is 1. The number of phenols is 1. The van der Waals surface area contributed by atoms with E-state index in [1.165, 1.54) is 6.92 Å². The molecule has 14 nitrogen and oxygen atoms in total. The molecule has 2 saturated heterocycles. The summed E-state index contributed by atoms with van der Waals surface area (Å²) in [6.07, 6.45) is 0.138. The predicted octanol–water partition coefficient (Wildman–Crippen LogP) is 4.55. The van der Waals surface area contributed by atoms with Crippen LogP contribution in [-0.2, 0) is 32.7 Å². The summed E-state index contributed by atoms with van der Waals surface area (Å²) in [6.45, 7) is 9.80. The maximum absolute atomic E-state index is 15.2. The topological polar surface area (TPSA) is 167 Å². The van der Waals surface area contributed by atoms with E-state index in [1.54, 1.807) is 18.9 Å². The molecule has 3 aromatic carbocycles. The Bertz CT molecular complexity index is 2420. The number of aromatic nitrogens is 1. The van der Waals surface area contributed by atoms with Crippen LogP contribution in [0, 0.1) is 13.8 Å². The van der Waals surface area contributed by atoms with Crippen molar-refractivity contribution >= 4 is 34.6 Å². The van der Waals surface area contributed by atoms with Crippen LogP contribution in [0.4, 0.5) is 0 Å². The summed E-state index contributed by atoms with van der Waals surface area (Å²) in [4.78, 5) is 36.2. The maximum atomic E-state index is 15.2. The number of aryl methyl sites for hydroxylation is 1. The van der Waals surface area contributed by atoms with Crippen LogP contribution in [0.15, 0.2) is 30.3 Å². The number of benzene rings is 3. The number of rotatable bonds is 5. The summed E-state index contributed by atoms with van der Waals surface area (Å²) < 4.78 is 31.0. The second-order valence-corrected chi connectivity index (χ2v) is 18.3. The van der Waals surface area contributed by atoms with Crippen molar-refractivity contribution in [3.05, 3.63) is 75.0 Å². The van der Waals surface area contributed by atoms with E-state index in [0.29, 0.717) is 53.5 Å². The Morgan fingerprint density at radius 2 is 1.88 bits per heavy atom. The van der Waals surface area contributed by atoms with Crippen LogP contribution in [0.2, 0.25) is 0 Å². The molecule has 15 heteroatoms. The van der Waals surface area contributed by atoms with E-state index in [-0.39, 0.29) is 43.0 Å². The van der Waals surface area contributed by atoms with E-state index < -0.39 is 47.1 Å². The third-order valence-corrected chi connectivity index (χ3v) is 15.0. The molecule has 4 bridgehead atoms. The number of carbonyl (C=O) groups is 2. The second-order valence-electron chi connectivity index (χ2n) is 17.2. The van der Waals surface area contributed by atoms with Crippen molar-refractivity contribution in [2.45, 2.75) is 101 Å². The highest BCUT2D eigenvalue weighted by Gasteiger charge is 2.62. The summed E-state index contributed by atoms with van der Waals surface area (Å²) in [5, 5.41) is 32.8. The number of fused-ring (bicyclic) bond motifs is 11. The van der Waals surface area contributed by atoms with Crippen molar-refractivity contribution in [1.82, 2.24) is 25.4 Å². The number of aromatic amines is 1. The molecule has 5 N–H and O–H groups in total. The number of H-pyrrole nitrogens is 1. The molecule has 0 saturated carbocycles. The number of ether oxygens (including phenoxy) is 5. The third-order valence-electron chi connectivity index (χ3n) is 13.5. The van der Waals surface area contributed by atoms with Crippen LogP contribution >= 0.6 is 11.8 Å². The highest BCUT2D eigenvalue weighted by molar-refractivity contribution is 7.99. The van der Waals surface area contributed by atoms with Gasteiger partial charge in [0.05, 0.1) is 36.2 Å². The van der Waals surface area contributed by atoms with E-state index >= 15 is 4.79 Å². The smallest absolute Gasteiger partial charge is 0.333 e. The Hall–Kier alpha value is -4.51. The van der Waals surface area contributed by atoms with Crippen LogP contribution in [0.25, 0.3) is 10.9 Å². The standard InChI is InChI=1S/C44H51N5O9S/c1-19(2)45-15-24-14-26-25-10-8-9-11-27(25)46-41(26)44(47-24)17-59-40-32-31(39-38(56-18-57-39)21(4)37(32)58-22(5)50)29(16-55-43(44)53)49-34(40)33-30-23(13-28(42(49)52)48(33)6)12-20(3)36(54-7)35(30)51/h8-12,19,24,28-29,33-34,40,42,45-47,51-52H,13-18H2,1-7H3/t24?,28-,29-,33+,34+,40+,42-,44+/m0/s1. The highest BCUT2D eigenvalue weighted by atomic mass is 32.2. The number of hydrogen-bond donors (Lipinski definition) is 5. The maximum Gasteiger partial charge on any atom is 0.333 e. The van der Waals surface area contributed by atoms with Gasteiger partial charge in [-0.3, -0.25) is 19.9 Å². The average Bonchev–Trinajstić information content (AvgIpc) is 3.85. The zero-order valence-electron chi connectivity index (χ0n) is 34.3. The Kier molecular flexibility index (Phi) is 9.20. The van der Waals surface area contributed by atoms with Crippen LogP contribution in [0.3, 0.4) is 0 Å². The minimum absolute atomic E-state index is 0.0428. The number of esters is 2. The number of methoxy groups -OCH3 is 1. The minimum atomic E-state index is -1.31. The molecule has 1 spiro atoms. The van der Waals surface area contributed by atoms with Gasteiger partial charge >= 0.3 is 11.9 Å². The molecular weight excluding hydrogens is 775 g/mol. The fourth-order valence-corrected chi connectivity index (χ4v) is 12.7. The zero-order chi connectivity index (χ0) is 41.2. The molecule has 8 heterocycles. The number of hydrogen-bond acceptors (Lipinski definition) is 14. The van der Waals surface area contributed by atoms with Gasteiger partial charge in [-0.2, -0.15) is 0 Å². The first kappa shape index (κ1) is 38.7. The van der Waals surface area contributed by atoms with Crippen LogP contribution in [0.5, 0.6) is 28.7 Å². The molecule has 7 aliphatic rings. The van der Waals surface area contributed by atoms with Gasteiger partial charge in [0, 0.05) is 70.5 Å². The molecule has 59 heavy (non-hydrogen) atoms. The number of phenolic OH excluding ortho intramolecular Hbond substituents is 1. The average molecular weight is 826 g/mol. The molecular formula is C44H51N5O9S.